The van der Waals surface area contributed by atoms with Gasteiger partial charge >= 0.3 is 0 Å². The minimum absolute atomic E-state index is 0.0150. The molecule has 0 saturated carbocycles. The van der Waals surface area contributed by atoms with E-state index in [1.165, 1.54) is 0 Å². The molecule has 2 unspecified atom stereocenters. The number of methoxy groups -OCH3 is 2. The van der Waals surface area contributed by atoms with Crippen LogP contribution in [0.2, 0.25) is 0 Å². The Morgan fingerprint density at radius 1 is 1.08 bits per heavy atom. The minimum atomic E-state index is -0.356. The van der Waals surface area contributed by atoms with Crippen LogP contribution in [0.25, 0.3) is 0 Å². The van der Waals surface area contributed by atoms with E-state index in [1.54, 1.807) is 14.2 Å². The normalized spacial score (nSPS) is 21.2. The highest BCUT2D eigenvalue weighted by Gasteiger charge is 2.40. The van der Waals surface area contributed by atoms with Crippen LogP contribution in [0.4, 0.5) is 11.4 Å². The van der Waals surface area contributed by atoms with Gasteiger partial charge in [-0.05, 0) is 29.8 Å². The molecule has 0 aliphatic carbocycles. The first-order valence-corrected chi connectivity index (χ1v) is 8.14. The van der Waals surface area contributed by atoms with E-state index >= 15 is 0 Å². The summed E-state index contributed by atoms with van der Waals surface area (Å²) in [5, 5.41) is 6.40. The summed E-state index contributed by atoms with van der Waals surface area (Å²) in [5.41, 5.74) is 3.56. The average molecular weight is 337 g/mol. The first-order chi connectivity index (χ1) is 12.2. The van der Waals surface area contributed by atoms with E-state index < -0.39 is 0 Å². The number of ether oxygens (including phenoxy) is 2. The van der Waals surface area contributed by atoms with Crippen molar-refractivity contribution in [2.75, 3.05) is 26.1 Å². The summed E-state index contributed by atoms with van der Waals surface area (Å²) in [6.45, 7) is 0.475. The Morgan fingerprint density at radius 2 is 1.88 bits per heavy atom. The lowest BCUT2D eigenvalue weighted by Crippen LogP contribution is -2.30. The Morgan fingerprint density at radius 3 is 2.68 bits per heavy atom. The van der Waals surface area contributed by atoms with Crippen LogP contribution in [-0.2, 0) is 4.79 Å². The number of hydrogen-bond donors (Lipinski definition) is 2. The minimum Gasteiger partial charge on any atom is -0.493 e. The van der Waals surface area contributed by atoms with Crippen molar-refractivity contribution in [2.24, 2.45) is 10.9 Å². The summed E-state index contributed by atoms with van der Waals surface area (Å²) >= 11 is 0. The number of aliphatic imine (C=N–C) groups is 1. The molecule has 6 nitrogen and oxygen atoms in total. The maximum atomic E-state index is 12.5. The lowest BCUT2D eigenvalue weighted by molar-refractivity contribution is -0.121. The number of benzene rings is 2. The van der Waals surface area contributed by atoms with Crippen LogP contribution in [0, 0.1) is 5.92 Å². The van der Waals surface area contributed by atoms with Crippen LogP contribution in [0.3, 0.4) is 0 Å². The molecule has 2 aliphatic rings. The van der Waals surface area contributed by atoms with Gasteiger partial charge in [0.2, 0.25) is 5.91 Å². The number of nitrogens with one attached hydrogen (secondary N) is 2. The summed E-state index contributed by atoms with van der Waals surface area (Å²) in [4.78, 5) is 17.2. The lowest BCUT2D eigenvalue weighted by Gasteiger charge is -2.24. The molecule has 2 aromatic rings. The van der Waals surface area contributed by atoms with Gasteiger partial charge in [-0.2, -0.15) is 0 Å². The molecule has 128 valence electrons. The predicted octanol–water partition coefficient (Wildman–Crippen LogP) is 2.69. The summed E-state index contributed by atoms with van der Waals surface area (Å²) in [7, 11) is 3.21. The molecule has 1 saturated heterocycles. The molecule has 2 aliphatic heterocycles. The van der Waals surface area contributed by atoms with E-state index in [0.29, 0.717) is 18.0 Å². The number of nitrogens with zero attached hydrogens (tertiary/aromatic N) is 1. The monoisotopic (exact) mass is 337 g/mol. The fourth-order valence-corrected chi connectivity index (χ4v) is 3.42. The van der Waals surface area contributed by atoms with Crippen molar-refractivity contribution in [3.63, 3.8) is 0 Å². The van der Waals surface area contributed by atoms with Crippen molar-refractivity contribution in [1.82, 2.24) is 5.32 Å². The summed E-state index contributed by atoms with van der Waals surface area (Å²) in [6.07, 6.45) is 0. The van der Waals surface area contributed by atoms with Crippen molar-refractivity contribution in [3.8, 4) is 11.5 Å². The lowest BCUT2D eigenvalue weighted by atomic mass is 9.90. The molecule has 2 N–H and O–H groups in total. The van der Waals surface area contributed by atoms with Crippen LogP contribution in [0.5, 0.6) is 11.5 Å². The highest BCUT2D eigenvalue weighted by Crippen LogP contribution is 2.40. The summed E-state index contributed by atoms with van der Waals surface area (Å²) in [5.74, 6) is 0.922. The van der Waals surface area contributed by atoms with Crippen molar-refractivity contribution in [1.29, 1.82) is 0 Å². The van der Waals surface area contributed by atoms with Crippen LogP contribution < -0.4 is 20.1 Å². The van der Waals surface area contributed by atoms with Gasteiger partial charge < -0.3 is 20.1 Å². The Labute approximate surface area is 145 Å². The van der Waals surface area contributed by atoms with E-state index in [4.69, 9.17) is 14.5 Å². The zero-order valence-corrected chi connectivity index (χ0v) is 14.1. The first-order valence-electron chi connectivity index (χ1n) is 8.14. The number of carbonyl (C=O) groups excluding carboxylic acids is 1. The van der Waals surface area contributed by atoms with Crippen LogP contribution in [0.15, 0.2) is 47.5 Å². The molecule has 4 rings (SSSR count). The van der Waals surface area contributed by atoms with Crippen molar-refractivity contribution < 1.29 is 14.3 Å². The van der Waals surface area contributed by atoms with Crippen molar-refractivity contribution in [3.05, 3.63) is 48.0 Å². The zero-order chi connectivity index (χ0) is 17.4. The van der Waals surface area contributed by atoms with E-state index in [-0.39, 0.29) is 17.9 Å². The third kappa shape index (κ3) is 2.59. The molecule has 25 heavy (non-hydrogen) atoms. The maximum Gasteiger partial charge on any atom is 0.231 e. The summed E-state index contributed by atoms with van der Waals surface area (Å²) < 4.78 is 10.7. The number of rotatable bonds is 3. The molecule has 0 spiro atoms. The van der Waals surface area contributed by atoms with Gasteiger partial charge in [0.05, 0.1) is 43.9 Å². The van der Waals surface area contributed by atoms with Gasteiger partial charge in [-0.15, -0.1) is 0 Å². The van der Waals surface area contributed by atoms with E-state index in [1.807, 2.05) is 42.5 Å². The molecule has 2 atom stereocenters. The highest BCUT2D eigenvalue weighted by molar-refractivity contribution is 6.13. The molecular formula is C19H19N3O3. The number of hydrogen-bond acceptors (Lipinski definition) is 5. The topological polar surface area (TPSA) is 72.0 Å². The molecule has 2 aromatic carbocycles. The number of carbonyl (C=O) groups is 1. The second-order valence-electron chi connectivity index (χ2n) is 6.05. The Bertz CT molecular complexity index is 863. The average Bonchev–Trinajstić information content (AvgIpc) is 2.91. The maximum absolute atomic E-state index is 12.5. The van der Waals surface area contributed by atoms with Crippen LogP contribution in [0.1, 0.15) is 11.6 Å². The zero-order valence-electron chi connectivity index (χ0n) is 14.1. The highest BCUT2D eigenvalue weighted by atomic mass is 16.5. The largest absolute Gasteiger partial charge is 0.493 e. The van der Waals surface area contributed by atoms with Gasteiger partial charge in [-0.1, -0.05) is 18.2 Å². The third-order valence-corrected chi connectivity index (χ3v) is 4.66. The smallest absolute Gasteiger partial charge is 0.231 e. The Balaban J connectivity index is 1.83. The second kappa shape index (κ2) is 6.12. The quantitative estimate of drug-likeness (QED) is 0.903. The van der Waals surface area contributed by atoms with Crippen molar-refractivity contribution in [2.45, 2.75) is 6.04 Å². The number of amides is 1. The second-order valence-corrected chi connectivity index (χ2v) is 6.05. The molecule has 6 heteroatoms. The number of para-hydroxylation sites is 2. The van der Waals surface area contributed by atoms with Gasteiger partial charge in [0, 0.05) is 0 Å². The van der Waals surface area contributed by atoms with E-state index in [0.717, 1.165) is 22.6 Å². The van der Waals surface area contributed by atoms with Gasteiger partial charge in [0.15, 0.2) is 11.5 Å². The van der Waals surface area contributed by atoms with Crippen LogP contribution >= 0.6 is 0 Å². The van der Waals surface area contributed by atoms with Crippen LogP contribution in [-0.4, -0.2) is 32.4 Å². The molecule has 1 fully saturated rings. The number of fused-ring (bicyclic) bond motifs is 2. The number of anilines is 1. The molecule has 0 bridgehead atoms. The van der Waals surface area contributed by atoms with Gasteiger partial charge in [-0.25, -0.2) is 0 Å². The Hall–Kier alpha value is -3.02. The summed E-state index contributed by atoms with van der Waals surface area (Å²) in [6, 6.07) is 13.3. The molecule has 0 radical (unpaired) electrons. The standard InChI is InChI=1S/C19H19N3O3/c1-24-15-8-7-11(9-16(15)25-2)18-17-14(10-20-19(17)23)21-12-5-3-4-6-13(12)22-18/h3-9,17-18,22H,10H2,1-2H3,(H,20,23). The van der Waals surface area contributed by atoms with E-state index in [2.05, 4.69) is 10.6 Å². The van der Waals surface area contributed by atoms with Gasteiger partial charge in [-0.3, -0.25) is 9.79 Å². The fraction of sp³-hybridized carbons (Fsp3) is 0.263. The third-order valence-electron chi connectivity index (χ3n) is 4.66. The molecule has 2 heterocycles. The van der Waals surface area contributed by atoms with Crippen molar-refractivity contribution >= 4 is 23.0 Å². The first kappa shape index (κ1) is 15.5. The Kier molecular flexibility index (Phi) is 3.80. The molecular weight excluding hydrogens is 318 g/mol. The van der Waals surface area contributed by atoms with Gasteiger partial charge in [0.25, 0.3) is 0 Å². The SMILES string of the molecule is COc1ccc(C2Nc3ccccc3N=C3CNC(=O)C32)cc1OC. The predicted molar refractivity (Wildman–Crippen MR) is 95.9 cm³/mol. The van der Waals surface area contributed by atoms with E-state index in [9.17, 15) is 4.79 Å². The molecule has 0 aromatic heterocycles. The fourth-order valence-electron chi connectivity index (χ4n) is 3.42. The molecule has 1 amide bonds. The van der Waals surface area contributed by atoms with Gasteiger partial charge in [0.1, 0.15) is 5.92 Å².